The van der Waals surface area contributed by atoms with Crippen LogP contribution in [0.15, 0.2) is 68.5 Å². The molecule has 1 unspecified atom stereocenters. The molecular weight excluding hydrogens is 457 g/mol. The molecule has 0 saturated carbocycles. The Morgan fingerprint density at radius 3 is 2.76 bits per heavy atom. The zero-order chi connectivity index (χ0) is 24.2. The van der Waals surface area contributed by atoms with Crippen molar-refractivity contribution in [3.63, 3.8) is 0 Å². The summed E-state index contributed by atoms with van der Waals surface area (Å²) in [6.07, 6.45) is 3.39. The van der Waals surface area contributed by atoms with Gasteiger partial charge in [-0.1, -0.05) is 24.3 Å². The van der Waals surface area contributed by atoms with E-state index in [2.05, 4.69) is 26.9 Å². The van der Waals surface area contributed by atoms with Crippen LogP contribution in [0, 0.1) is 5.82 Å². The van der Waals surface area contributed by atoms with E-state index in [1.54, 1.807) is 36.7 Å². The Kier molecular flexibility index (Phi) is 6.87. The van der Waals surface area contributed by atoms with Crippen molar-refractivity contribution in [1.29, 1.82) is 0 Å². The summed E-state index contributed by atoms with van der Waals surface area (Å²) < 4.78 is 25.9. The second kappa shape index (κ2) is 10.0. The van der Waals surface area contributed by atoms with Gasteiger partial charge in [0.05, 0.1) is 28.9 Å². The Morgan fingerprint density at radius 2 is 2.03 bits per heavy atom. The van der Waals surface area contributed by atoms with E-state index >= 15 is 0 Å². The van der Waals surface area contributed by atoms with Crippen LogP contribution in [0.4, 0.5) is 4.39 Å². The number of carbonyl (C=O) groups is 1. The van der Waals surface area contributed by atoms with Gasteiger partial charge in [0.15, 0.2) is 0 Å². The van der Waals surface area contributed by atoms with Crippen LogP contribution in [-0.4, -0.2) is 63.4 Å². The van der Waals surface area contributed by atoms with Crippen molar-refractivity contribution in [3.8, 4) is 0 Å². The van der Waals surface area contributed by atoms with E-state index in [9.17, 15) is 18.2 Å². The summed E-state index contributed by atoms with van der Waals surface area (Å²) in [5.41, 5.74) is 2.19. The number of nitrogens with one attached hydrogen (secondary N) is 1. The highest BCUT2D eigenvalue weighted by Crippen LogP contribution is 2.23. The van der Waals surface area contributed by atoms with Crippen LogP contribution in [-0.2, 0) is 17.2 Å². The smallest absolute Gasteiger partial charge is 0.272 e. The Labute approximate surface area is 197 Å². The summed E-state index contributed by atoms with van der Waals surface area (Å²) in [4.78, 5) is 34.7. The number of H-pyrrole nitrogens is 1. The molecule has 1 aliphatic heterocycles. The van der Waals surface area contributed by atoms with E-state index in [-0.39, 0.29) is 30.1 Å². The van der Waals surface area contributed by atoms with Crippen molar-refractivity contribution >= 4 is 40.4 Å². The van der Waals surface area contributed by atoms with Gasteiger partial charge < -0.3 is 4.90 Å². The van der Waals surface area contributed by atoms with Gasteiger partial charge >= 0.3 is 0 Å². The maximum Gasteiger partial charge on any atom is 0.272 e. The van der Waals surface area contributed by atoms with Crippen LogP contribution in [0.1, 0.15) is 21.6 Å². The molecule has 0 aliphatic carbocycles. The number of aliphatic imine (C=N–C) groups is 2. The molecule has 174 valence electrons. The van der Waals surface area contributed by atoms with Gasteiger partial charge in [0.1, 0.15) is 11.7 Å². The molecule has 2 aromatic carbocycles. The molecule has 1 aromatic heterocycles. The number of amides is 1. The first-order valence-electron chi connectivity index (χ1n) is 10.4. The molecular formula is C24H22FN5O3S. The first kappa shape index (κ1) is 23.4. The fourth-order valence-corrected chi connectivity index (χ4v) is 4.10. The summed E-state index contributed by atoms with van der Waals surface area (Å²) >= 11 is 0. The standard InChI is InChI=1S/C24H22FN5O3S/c1-26-22-13-30(12-16(22)11-27-14-34(2)33)24(32)19-9-15(7-8-20(19)25)10-21-17-5-3-4-6-18(17)23(31)29-28-21/h3-9,11H,1,10,12-14H2,2H3,(H,29,31)/b27-11-. The molecule has 1 N–H and O–H groups in total. The maximum absolute atomic E-state index is 14.7. The van der Waals surface area contributed by atoms with Gasteiger partial charge in [-0.2, -0.15) is 5.10 Å². The molecule has 0 radical (unpaired) electrons. The van der Waals surface area contributed by atoms with Crippen LogP contribution >= 0.6 is 0 Å². The van der Waals surface area contributed by atoms with Crippen molar-refractivity contribution in [1.82, 2.24) is 15.1 Å². The number of rotatable bonds is 7. The Hall–Kier alpha value is -3.79. The third-order valence-electron chi connectivity index (χ3n) is 5.46. The predicted molar refractivity (Wildman–Crippen MR) is 131 cm³/mol. The van der Waals surface area contributed by atoms with Gasteiger partial charge in [-0.25, -0.2) is 9.49 Å². The second-order valence-corrected chi connectivity index (χ2v) is 9.25. The molecule has 1 aliphatic rings. The quantitative estimate of drug-likeness (QED) is 0.525. The van der Waals surface area contributed by atoms with Crippen LogP contribution < -0.4 is 5.56 Å². The molecule has 3 aromatic rings. The predicted octanol–water partition coefficient (Wildman–Crippen LogP) is 2.47. The largest absolute Gasteiger partial charge is 0.328 e. The number of fused-ring (bicyclic) bond motifs is 1. The number of hydrogen-bond acceptors (Lipinski definition) is 6. The van der Waals surface area contributed by atoms with Crippen LogP contribution in [0.2, 0.25) is 0 Å². The molecule has 10 heteroatoms. The molecule has 0 spiro atoms. The van der Waals surface area contributed by atoms with Gasteiger partial charge in [-0.15, -0.1) is 0 Å². The fraction of sp³-hybridized carbons (Fsp3) is 0.208. The minimum absolute atomic E-state index is 0.0671. The number of carbonyl (C=O) groups excluding carboxylic acids is 1. The van der Waals surface area contributed by atoms with Gasteiger partial charge in [-0.3, -0.25) is 23.8 Å². The summed E-state index contributed by atoms with van der Waals surface area (Å²) in [5, 5.41) is 7.86. The third kappa shape index (κ3) is 4.91. The molecule has 1 amide bonds. The van der Waals surface area contributed by atoms with E-state index in [1.807, 2.05) is 6.07 Å². The lowest BCUT2D eigenvalue weighted by Crippen LogP contribution is -2.30. The average molecular weight is 480 g/mol. The van der Waals surface area contributed by atoms with Gasteiger partial charge in [0, 0.05) is 47.2 Å². The van der Waals surface area contributed by atoms with Gasteiger partial charge in [-0.05, 0) is 30.5 Å². The highest BCUT2D eigenvalue weighted by molar-refractivity contribution is 7.84. The van der Waals surface area contributed by atoms with E-state index < -0.39 is 22.5 Å². The highest BCUT2D eigenvalue weighted by atomic mass is 32.2. The maximum atomic E-state index is 14.7. The van der Waals surface area contributed by atoms with Crippen molar-refractivity contribution in [2.45, 2.75) is 6.42 Å². The molecule has 0 fully saturated rings. The van der Waals surface area contributed by atoms with E-state index in [4.69, 9.17) is 0 Å². The second-order valence-electron chi connectivity index (χ2n) is 7.84. The van der Waals surface area contributed by atoms with E-state index in [0.717, 1.165) is 0 Å². The van der Waals surface area contributed by atoms with Crippen molar-refractivity contribution in [3.05, 3.63) is 86.7 Å². The number of halogens is 1. The third-order valence-corrected chi connectivity index (χ3v) is 5.97. The molecule has 0 saturated heterocycles. The topological polar surface area (TPSA) is 108 Å². The summed E-state index contributed by atoms with van der Waals surface area (Å²) in [7, 11) is -1.08. The Morgan fingerprint density at radius 1 is 1.26 bits per heavy atom. The summed E-state index contributed by atoms with van der Waals surface area (Å²) in [5.74, 6) is -0.974. The lowest BCUT2D eigenvalue weighted by Gasteiger charge is -2.17. The van der Waals surface area contributed by atoms with Gasteiger partial charge in [0.25, 0.3) is 11.5 Å². The first-order valence-corrected chi connectivity index (χ1v) is 12.1. The fourth-order valence-electron chi connectivity index (χ4n) is 3.81. The Bertz CT molecular complexity index is 1430. The monoisotopic (exact) mass is 479 g/mol. The van der Waals surface area contributed by atoms with Gasteiger partial charge in [0.2, 0.25) is 0 Å². The normalized spacial score (nSPS) is 14.8. The Balaban J connectivity index is 1.57. The number of hydrogen-bond donors (Lipinski definition) is 1. The SMILES string of the molecule is C=NC1=C(/C=N\CS(C)=O)CN(C(=O)c2cc(Cc3n[nH]c(=O)c4ccccc34)ccc2F)C1. The molecule has 2 heterocycles. The van der Waals surface area contributed by atoms with Crippen molar-refractivity contribution in [2.24, 2.45) is 9.98 Å². The molecule has 4 rings (SSSR count). The number of aromatic amines is 1. The average Bonchev–Trinajstić information content (AvgIpc) is 3.25. The summed E-state index contributed by atoms with van der Waals surface area (Å²) in [6.45, 7) is 3.91. The zero-order valence-electron chi connectivity index (χ0n) is 18.5. The van der Waals surface area contributed by atoms with Crippen LogP contribution in [0.5, 0.6) is 0 Å². The van der Waals surface area contributed by atoms with Crippen molar-refractivity contribution < 1.29 is 13.4 Å². The molecule has 1 atom stereocenters. The molecule has 34 heavy (non-hydrogen) atoms. The number of aromatic nitrogens is 2. The summed E-state index contributed by atoms with van der Waals surface area (Å²) in [6, 6.07) is 11.5. The van der Waals surface area contributed by atoms with Crippen LogP contribution in [0.3, 0.4) is 0 Å². The van der Waals surface area contributed by atoms with Crippen molar-refractivity contribution in [2.75, 3.05) is 25.2 Å². The molecule has 8 nitrogen and oxygen atoms in total. The minimum atomic E-state index is -1.08. The lowest BCUT2D eigenvalue weighted by molar-refractivity contribution is 0.0792. The first-order chi connectivity index (χ1) is 16.4. The minimum Gasteiger partial charge on any atom is -0.328 e. The number of nitrogens with zero attached hydrogens (tertiary/aromatic N) is 4. The highest BCUT2D eigenvalue weighted by Gasteiger charge is 2.27. The van der Waals surface area contributed by atoms with E-state index in [1.165, 1.54) is 17.0 Å². The molecule has 0 bridgehead atoms. The lowest BCUT2D eigenvalue weighted by atomic mass is 10.0. The van der Waals surface area contributed by atoms with Crippen LogP contribution in [0.25, 0.3) is 10.8 Å². The van der Waals surface area contributed by atoms with E-state index in [0.29, 0.717) is 39.7 Å². The number of benzene rings is 2. The zero-order valence-corrected chi connectivity index (χ0v) is 19.3.